The molecule has 0 unspecified atom stereocenters. The molecule has 0 amide bonds. The fourth-order valence-electron chi connectivity index (χ4n) is 2.46. The molecule has 100 valence electrons. The normalized spacial score (nSPS) is 10.9. The van der Waals surface area contributed by atoms with Crippen molar-refractivity contribution >= 4 is 28.3 Å². The average molecular weight is 284 g/mol. The summed E-state index contributed by atoms with van der Waals surface area (Å²) in [4.78, 5) is 12.7. The van der Waals surface area contributed by atoms with Crippen LogP contribution < -0.4 is 0 Å². The highest BCUT2D eigenvalue weighted by Gasteiger charge is 2.15. The molecule has 0 atom stereocenters. The van der Waals surface area contributed by atoms with Crippen LogP contribution in [0.4, 0.5) is 0 Å². The van der Waals surface area contributed by atoms with Crippen molar-refractivity contribution in [3.8, 4) is 0 Å². The van der Waals surface area contributed by atoms with Crippen LogP contribution in [0.2, 0.25) is 5.02 Å². The molecule has 2 aromatic carbocycles. The van der Waals surface area contributed by atoms with Crippen molar-refractivity contribution in [2.75, 3.05) is 0 Å². The summed E-state index contributed by atoms with van der Waals surface area (Å²) in [6, 6.07) is 13.3. The Morgan fingerprint density at radius 3 is 2.65 bits per heavy atom. The number of carbonyl (C=O) groups is 1. The van der Waals surface area contributed by atoms with Gasteiger partial charge < -0.3 is 4.57 Å². The number of hydrogen-bond acceptors (Lipinski definition) is 1. The van der Waals surface area contributed by atoms with Crippen molar-refractivity contribution in [1.82, 2.24) is 4.57 Å². The maximum atomic E-state index is 12.7. The zero-order chi connectivity index (χ0) is 14.3. The fourth-order valence-corrected chi connectivity index (χ4v) is 2.58. The van der Waals surface area contributed by atoms with Crippen molar-refractivity contribution in [2.45, 2.75) is 6.92 Å². The third-order valence-electron chi connectivity index (χ3n) is 3.56. The molecule has 0 aliphatic rings. The number of halogens is 1. The van der Waals surface area contributed by atoms with Crippen LogP contribution in [0.25, 0.3) is 10.9 Å². The quantitative estimate of drug-likeness (QED) is 0.640. The molecule has 0 fully saturated rings. The van der Waals surface area contributed by atoms with Gasteiger partial charge in [-0.25, -0.2) is 0 Å². The summed E-state index contributed by atoms with van der Waals surface area (Å²) in [7, 11) is 1.95. The minimum Gasteiger partial charge on any atom is -0.350 e. The zero-order valence-electron chi connectivity index (χ0n) is 11.4. The standard InChI is InChI=1S/C17H14ClNO/c1-11-9-12(7-8-15(11)18)17(20)14-10-19(2)16-6-4-3-5-13(14)16/h3-10H,1-2H3. The first-order chi connectivity index (χ1) is 9.58. The Kier molecular flexibility index (Phi) is 3.11. The second-order valence-corrected chi connectivity index (χ2v) is 5.37. The average Bonchev–Trinajstić information content (AvgIpc) is 2.79. The molecule has 20 heavy (non-hydrogen) atoms. The molecular formula is C17H14ClNO. The van der Waals surface area contributed by atoms with Gasteiger partial charge in [-0.3, -0.25) is 4.79 Å². The molecule has 0 bridgehead atoms. The fraction of sp³-hybridized carbons (Fsp3) is 0.118. The molecular weight excluding hydrogens is 270 g/mol. The van der Waals surface area contributed by atoms with Gasteiger partial charge in [0.25, 0.3) is 0 Å². The maximum Gasteiger partial charge on any atom is 0.195 e. The molecule has 1 aromatic heterocycles. The summed E-state index contributed by atoms with van der Waals surface area (Å²) in [5.41, 5.74) is 3.37. The van der Waals surface area contributed by atoms with Gasteiger partial charge in [0, 0.05) is 40.3 Å². The summed E-state index contributed by atoms with van der Waals surface area (Å²) in [5, 5.41) is 1.66. The first-order valence-electron chi connectivity index (χ1n) is 6.43. The second-order valence-electron chi connectivity index (χ2n) is 4.96. The highest BCUT2D eigenvalue weighted by atomic mass is 35.5. The molecule has 0 saturated carbocycles. The molecule has 1 heterocycles. The number of benzene rings is 2. The van der Waals surface area contributed by atoms with E-state index in [0.717, 1.165) is 22.0 Å². The van der Waals surface area contributed by atoms with Crippen LogP contribution in [0.1, 0.15) is 21.5 Å². The number of rotatable bonds is 2. The van der Waals surface area contributed by atoms with Gasteiger partial charge in [-0.15, -0.1) is 0 Å². The van der Waals surface area contributed by atoms with Crippen LogP contribution in [-0.4, -0.2) is 10.4 Å². The second kappa shape index (κ2) is 4.80. The van der Waals surface area contributed by atoms with Crippen LogP contribution in [-0.2, 0) is 7.05 Å². The SMILES string of the molecule is Cc1cc(C(=O)c2cn(C)c3ccccc23)ccc1Cl. The summed E-state index contributed by atoms with van der Waals surface area (Å²) in [5.74, 6) is 0.0292. The Labute approximate surface area is 122 Å². The Balaban J connectivity index is 2.15. The van der Waals surface area contributed by atoms with E-state index in [1.165, 1.54) is 0 Å². The lowest BCUT2D eigenvalue weighted by Crippen LogP contribution is -2.01. The lowest BCUT2D eigenvalue weighted by Gasteiger charge is -2.03. The smallest absolute Gasteiger partial charge is 0.195 e. The van der Waals surface area contributed by atoms with Gasteiger partial charge in [0.1, 0.15) is 0 Å². The molecule has 3 rings (SSSR count). The molecule has 0 saturated heterocycles. The molecule has 0 spiro atoms. The third kappa shape index (κ3) is 2.02. The third-order valence-corrected chi connectivity index (χ3v) is 3.99. The Morgan fingerprint density at radius 1 is 1.15 bits per heavy atom. The number of aromatic nitrogens is 1. The Bertz CT molecular complexity index is 817. The van der Waals surface area contributed by atoms with Crippen molar-refractivity contribution in [1.29, 1.82) is 0 Å². The van der Waals surface area contributed by atoms with Crippen molar-refractivity contribution < 1.29 is 4.79 Å². The van der Waals surface area contributed by atoms with Crippen LogP contribution in [0.5, 0.6) is 0 Å². The van der Waals surface area contributed by atoms with E-state index in [0.29, 0.717) is 10.6 Å². The number of para-hydroxylation sites is 1. The van der Waals surface area contributed by atoms with E-state index >= 15 is 0 Å². The number of carbonyl (C=O) groups excluding carboxylic acids is 1. The van der Waals surface area contributed by atoms with E-state index in [-0.39, 0.29) is 5.78 Å². The lowest BCUT2D eigenvalue weighted by molar-refractivity contribution is 0.104. The minimum atomic E-state index is 0.0292. The minimum absolute atomic E-state index is 0.0292. The van der Waals surface area contributed by atoms with E-state index in [9.17, 15) is 4.79 Å². The number of fused-ring (bicyclic) bond motifs is 1. The predicted molar refractivity (Wildman–Crippen MR) is 82.5 cm³/mol. The predicted octanol–water partition coefficient (Wildman–Crippen LogP) is 4.37. The highest BCUT2D eigenvalue weighted by Crippen LogP contribution is 2.24. The molecule has 0 aliphatic heterocycles. The summed E-state index contributed by atoms with van der Waals surface area (Å²) in [6.45, 7) is 1.90. The summed E-state index contributed by atoms with van der Waals surface area (Å²) >= 11 is 6.02. The number of aryl methyl sites for hydroxylation is 2. The molecule has 2 nitrogen and oxygen atoms in total. The lowest BCUT2D eigenvalue weighted by atomic mass is 10.0. The van der Waals surface area contributed by atoms with E-state index in [2.05, 4.69) is 0 Å². The number of nitrogens with zero attached hydrogens (tertiary/aromatic N) is 1. The van der Waals surface area contributed by atoms with Gasteiger partial charge >= 0.3 is 0 Å². The van der Waals surface area contributed by atoms with E-state index in [1.54, 1.807) is 12.1 Å². The van der Waals surface area contributed by atoms with Crippen molar-refractivity contribution in [3.63, 3.8) is 0 Å². The highest BCUT2D eigenvalue weighted by molar-refractivity contribution is 6.31. The maximum absolute atomic E-state index is 12.7. The molecule has 0 radical (unpaired) electrons. The summed E-state index contributed by atoms with van der Waals surface area (Å²) in [6.07, 6.45) is 1.89. The van der Waals surface area contributed by atoms with Crippen molar-refractivity contribution in [3.05, 3.63) is 70.4 Å². The van der Waals surface area contributed by atoms with Gasteiger partial charge in [-0.2, -0.15) is 0 Å². The van der Waals surface area contributed by atoms with Gasteiger partial charge in [0.15, 0.2) is 5.78 Å². The van der Waals surface area contributed by atoms with Gasteiger partial charge in [-0.1, -0.05) is 29.8 Å². The number of hydrogen-bond donors (Lipinski definition) is 0. The first kappa shape index (κ1) is 12.9. The monoisotopic (exact) mass is 283 g/mol. The van der Waals surface area contributed by atoms with Crippen LogP contribution in [0, 0.1) is 6.92 Å². The number of ketones is 1. The van der Waals surface area contributed by atoms with Gasteiger partial charge in [0.2, 0.25) is 0 Å². The topological polar surface area (TPSA) is 22.0 Å². The molecule has 3 heteroatoms. The Morgan fingerprint density at radius 2 is 1.90 bits per heavy atom. The first-order valence-corrected chi connectivity index (χ1v) is 6.80. The van der Waals surface area contributed by atoms with Crippen LogP contribution in [0.15, 0.2) is 48.7 Å². The zero-order valence-corrected chi connectivity index (χ0v) is 12.1. The van der Waals surface area contributed by atoms with E-state index < -0.39 is 0 Å². The largest absolute Gasteiger partial charge is 0.350 e. The molecule has 3 aromatic rings. The van der Waals surface area contributed by atoms with Crippen molar-refractivity contribution in [2.24, 2.45) is 7.05 Å². The summed E-state index contributed by atoms with van der Waals surface area (Å²) < 4.78 is 1.98. The Hall–Kier alpha value is -2.06. The molecule has 0 aliphatic carbocycles. The van der Waals surface area contributed by atoms with Gasteiger partial charge in [-0.05, 0) is 36.8 Å². The van der Waals surface area contributed by atoms with Crippen LogP contribution >= 0.6 is 11.6 Å². The van der Waals surface area contributed by atoms with E-state index in [4.69, 9.17) is 11.6 Å². The van der Waals surface area contributed by atoms with E-state index in [1.807, 2.05) is 55.1 Å². The van der Waals surface area contributed by atoms with Gasteiger partial charge in [0.05, 0.1) is 0 Å². The molecule has 0 N–H and O–H groups in total. The van der Waals surface area contributed by atoms with Crippen LogP contribution in [0.3, 0.4) is 0 Å².